The Bertz CT molecular complexity index is 1390. The number of likely N-dealkylation sites (tertiary alicyclic amines) is 1. The molecule has 7 unspecified atom stereocenters. The summed E-state index contributed by atoms with van der Waals surface area (Å²) in [5.74, 6) is -2.70. The van der Waals surface area contributed by atoms with E-state index in [0.29, 0.717) is 24.3 Å². The van der Waals surface area contributed by atoms with Crippen LogP contribution in [0.2, 0.25) is 0 Å². The molecule has 49 heavy (non-hydrogen) atoms. The maximum atomic E-state index is 13.7. The minimum Gasteiger partial charge on any atom is -0.481 e. The molecule has 3 rings (SSSR count). The third-order valence-electron chi connectivity index (χ3n) is 9.44. The highest BCUT2D eigenvalue weighted by Gasteiger charge is 2.34. The van der Waals surface area contributed by atoms with Crippen molar-refractivity contribution >= 4 is 41.5 Å². The summed E-state index contributed by atoms with van der Waals surface area (Å²) in [4.78, 5) is 70.0. The first kappa shape index (κ1) is 39.6. The molecule has 0 bridgehead atoms. The molecule has 2 aromatic rings. The van der Waals surface area contributed by atoms with E-state index in [-0.39, 0.29) is 48.2 Å². The highest BCUT2D eigenvalue weighted by molar-refractivity contribution is 7.09. The lowest BCUT2D eigenvalue weighted by molar-refractivity contribution is -0.141. The van der Waals surface area contributed by atoms with Crippen molar-refractivity contribution in [1.29, 1.82) is 0 Å². The molecule has 0 radical (unpaired) electrons. The van der Waals surface area contributed by atoms with Gasteiger partial charge >= 0.3 is 5.97 Å². The molecule has 1 saturated heterocycles. The number of carboxylic acid groups (broad SMARTS) is 1. The topological polar surface area (TPSA) is 167 Å². The Labute approximate surface area is 293 Å². The van der Waals surface area contributed by atoms with Gasteiger partial charge in [0.25, 0.3) is 12.4 Å². The first-order chi connectivity index (χ1) is 23.3. The van der Waals surface area contributed by atoms with Gasteiger partial charge in [0.15, 0.2) is 6.10 Å². The minimum absolute atomic E-state index is 0.0582. The third kappa shape index (κ3) is 11.9. The Morgan fingerprint density at radius 3 is 2.39 bits per heavy atom. The average Bonchev–Trinajstić information content (AvgIpc) is 3.57. The van der Waals surface area contributed by atoms with Gasteiger partial charge in [-0.2, -0.15) is 0 Å². The van der Waals surface area contributed by atoms with Crippen molar-refractivity contribution in [3.8, 4) is 0 Å². The largest absolute Gasteiger partial charge is 0.481 e. The quantitative estimate of drug-likeness (QED) is 0.156. The Balaban J connectivity index is 1.73. The number of nitrogens with one attached hydrogen (secondary N) is 3. The molecule has 12 nitrogen and oxygen atoms in total. The summed E-state index contributed by atoms with van der Waals surface area (Å²) >= 11 is 1.16. The van der Waals surface area contributed by atoms with Crippen molar-refractivity contribution < 1.29 is 33.8 Å². The summed E-state index contributed by atoms with van der Waals surface area (Å²) in [7, 11) is 1.93. The number of hydrogen-bond donors (Lipinski definition) is 4. The molecule has 13 heteroatoms. The molecular weight excluding hydrogens is 646 g/mol. The van der Waals surface area contributed by atoms with Gasteiger partial charge in [0.2, 0.25) is 11.8 Å². The second-order valence-electron chi connectivity index (χ2n) is 13.6. The van der Waals surface area contributed by atoms with Crippen LogP contribution in [0.1, 0.15) is 100 Å². The standard InChI is InChI=1S/C36H53N5O7S/c1-7-23(4)31(40-33(44)29-15-11-12-16-41(29)6)34(45)38-27(22(2)3)19-30(48-21-42)35-39-28(20-49-35)32(43)37-26(17-24(5)36(46)47)18-25-13-9-8-10-14-25/h8-10,13-14,20-24,26-27,29-31H,7,11-12,15-19H2,1-6H3,(H,37,43)(H,38,45)(H,40,44)(H,46,47). The molecule has 4 N–H and O–H groups in total. The van der Waals surface area contributed by atoms with Gasteiger partial charge in [-0.25, -0.2) is 4.98 Å². The number of carbonyl (C=O) groups is 5. The lowest BCUT2D eigenvalue weighted by Crippen LogP contribution is -2.57. The zero-order valence-corrected chi connectivity index (χ0v) is 30.3. The van der Waals surface area contributed by atoms with E-state index in [2.05, 4.69) is 20.9 Å². The number of benzene rings is 1. The summed E-state index contributed by atoms with van der Waals surface area (Å²) in [5, 5.41) is 20.5. The van der Waals surface area contributed by atoms with Crippen LogP contribution in [0, 0.1) is 17.8 Å². The van der Waals surface area contributed by atoms with Crippen molar-refractivity contribution in [3.63, 3.8) is 0 Å². The number of carboxylic acids is 1. The summed E-state index contributed by atoms with van der Waals surface area (Å²) in [6.45, 7) is 10.6. The van der Waals surface area contributed by atoms with E-state index < -0.39 is 42.0 Å². The highest BCUT2D eigenvalue weighted by Crippen LogP contribution is 2.28. The Morgan fingerprint density at radius 1 is 1.06 bits per heavy atom. The molecule has 1 aromatic heterocycles. The number of nitrogens with zero attached hydrogens (tertiary/aromatic N) is 2. The number of amides is 3. The number of ether oxygens (including phenoxy) is 1. The molecule has 270 valence electrons. The molecule has 7 atom stereocenters. The van der Waals surface area contributed by atoms with Crippen LogP contribution in [0.4, 0.5) is 0 Å². The molecule has 0 saturated carbocycles. The van der Waals surface area contributed by atoms with Crippen LogP contribution in [0.3, 0.4) is 0 Å². The summed E-state index contributed by atoms with van der Waals surface area (Å²) < 4.78 is 5.45. The molecule has 1 aliphatic heterocycles. The van der Waals surface area contributed by atoms with E-state index in [0.717, 1.165) is 42.7 Å². The van der Waals surface area contributed by atoms with Crippen LogP contribution >= 0.6 is 11.3 Å². The smallest absolute Gasteiger partial charge is 0.306 e. The van der Waals surface area contributed by atoms with Gasteiger partial charge in [-0.3, -0.25) is 28.9 Å². The molecule has 3 amide bonds. The zero-order chi connectivity index (χ0) is 36.1. The predicted octanol–water partition coefficient (Wildman–Crippen LogP) is 4.36. The van der Waals surface area contributed by atoms with Gasteiger partial charge in [-0.15, -0.1) is 11.3 Å². The minimum atomic E-state index is -0.946. The van der Waals surface area contributed by atoms with Crippen molar-refractivity contribution in [2.75, 3.05) is 13.6 Å². The SMILES string of the molecule is CCC(C)C(NC(=O)C1CCCCN1C)C(=O)NC(CC(OC=O)c1nc(C(=O)NC(Cc2ccccc2)CC(C)C(=O)O)cs1)C(C)C. The number of thiazole rings is 1. The monoisotopic (exact) mass is 699 g/mol. The Kier molecular flexibility index (Phi) is 15.7. The normalized spacial score (nSPS) is 18.7. The van der Waals surface area contributed by atoms with Crippen LogP contribution in [-0.4, -0.2) is 82.9 Å². The van der Waals surface area contributed by atoms with Crippen LogP contribution in [0.15, 0.2) is 35.7 Å². The maximum Gasteiger partial charge on any atom is 0.306 e. The number of aromatic nitrogens is 1. The number of aliphatic carboxylic acids is 1. The van der Waals surface area contributed by atoms with Crippen LogP contribution in [0.25, 0.3) is 0 Å². The fourth-order valence-corrected chi connectivity index (χ4v) is 6.91. The number of carbonyl (C=O) groups excluding carboxylic acids is 4. The molecule has 1 aromatic carbocycles. The number of likely N-dealkylation sites (N-methyl/N-ethyl adjacent to an activating group) is 1. The first-order valence-electron chi connectivity index (χ1n) is 17.3. The Morgan fingerprint density at radius 2 is 1.78 bits per heavy atom. The van der Waals surface area contributed by atoms with Crippen molar-refractivity contribution in [2.24, 2.45) is 17.8 Å². The molecule has 2 heterocycles. The highest BCUT2D eigenvalue weighted by atomic mass is 32.1. The average molecular weight is 700 g/mol. The second-order valence-corrected chi connectivity index (χ2v) is 14.5. The fourth-order valence-electron chi connectivity index (χ4n) is 6.06. The van der Waals surface area contributed by atoms with Gasteiger partial charge in [-0.05, 0) is 56.7 Å². The zero-order valence-electron chi connectivity index (χ0n) is 29.5. The summed E-state index contributed by atoms with van der Waals surface area (Å²) in [5.41, 5.74) is 1.08. The summed E-state index contributed by atoms with van der Waals surface area (Å²) in [6, 6.07) is 7.61. The van der Waals surface area contributed by atoms with Crippen molar-refractivity contribution in [3.05, 3.63) is 52.0 Å². The molecule has 1 fully saturated rings. The van der Waals surface area contributed by atoms with Gasteiger partial charge in [0.1, 0.15) is 16.7 Å². The van der Waals surface area contributed by atoms with E-state index in [1.54, 1.807) is 12.3 Å². The maximum absolute atomic E-state index is 13.7. The number of hydrogen-bond acceptors (Lipinski definition) is 9. The van der Waals surface area contributed by atoms with E-state index in [4.69, 9.17) is 4.74 Å². The van der Waals surface area contributed by atoms with Crippen LogP contribution in [-0.2, 0) is 30.3 Å². The molecule has 0 spiro atoms. The van der Waals surface area contributed by atoms with Crippen LogP contribution in [0.5, 0.6) is 0 Å². The van der Waals surface area contributed by atoms with Crippen LogP contribution < -0.4 is 16.0 Å². The lowest BCUT2D eigenvalue weighted by atomic mass is 9.94. The fraction of sp³-hybridized carbons (Fsp3) is 0.611. The molecular formula is C36H53N5O7S. The van der Waals surface area contributed by atoms with Crippen molar-refractivity contribution in [1.82, 2.24) is 25.8 Å². The van der Waals surface area contributed by atoms with Gasteiger partial charge in [-0.1, -0.05) is 77.8 Å². The van der Waals surface area contributed by atoms with Gasteiger partial charge < -0.3 is 25.8 Å². The lowest BCUT2D eigenvalue weighted by Gasteiger charge is -2.34. The van der Waals surface area contributed by atoms with Gasteiger partial charge in [0, 0.05) is 23.9 Å². The molecule has 0 aliphatic carbocycles. The summed E-state index contributed by atoms with van der Waals surface area (Å²) in [6.07, 6.45) is 3.49. The van der Waals surface area contributed by atoms with Gasteiger partial charge in [0.05, 0.1) is 12.0 Å². The molecule has 1 aliphatic rings. The van der Waals surface area contributed by atoms with E-state index in [1.165, 1.54) is 0 Å². The second kappa shape index (κ2) is 19.4. The Hall–Kier alpha value is -3.84. The first-order valence-corrected chi connectivity index (χ1v) is 18.2. The third-order valence-corrected chi connectivity index (χ3v) is 10.4. The van der Waals surface area contributed by atoms with Crippen molar-refractivity contribution in [2.45, 2.75) is 110 Å². The number of piperidine rings is 1. The van der Waals surface area contributed by atoms with E-state index >= 15 is 0 Å². The van der Waals surface area contributed by atoms with E-state index in [9.17, 15) is 29.1 Å². The van der Waals surface area contributed by atoms with E-state index in [1.807, 2.05) is 70.0 Å². The predicted molar refractivity (Wildman–Crippen MR) is 188 cm³/mol. The number of rotatable bonds is 19.